The van der Waals surface area contributed by atoms with Crippen LogP contribution in [-0.4, -0.2) is 36.3 Å². The van der Waals surface area contributed by atoms with Gasteiger partial charge in [0.15, 0.2) is 5.96 Å². The molecule has 0 heterocycles. The fraction of sp³-hybridized carbons (Fsp3) is 0.435. The van der Waals surface area contributed by atoms with Crippen molar-refractivity contribution in [3.63, 3.8) is 0 Å². The van der Waals surface area contributed by atoms with Crippen LogP contribution in [0.2, 0.25) is 0 Å². The zero-order valence-corrected chi connectivity index (χ0v) is 16.9. The van der Waals surface area contributed by atoms with Gasteiger partial charge in [0, 0.05) is 18.5 Å². The largest absolute Gasteiger partial charge is 0.491 e. The number of nitrogens with zero attached hydrogens (tertiary/aromatic N) is 1. The van der Waals surface area contributed by atoms with Crippen molar-refractivity contribution < 1.29 is 9.84 Å². The lowest BCUT2D eigenvalue weighted by Gasteiger charge is -2.15. The molecule has 2 aromatic rings. The Balaban J connectivity index is 1.58. The fourth-order valence-corrected chi connectivity index (χ4v) is 3.27. The SMILES string of the molecule is CCNC(=NCC(O)c1cccc(OC(C)C)c1)NC1CC1c1ccccc1. The van der Waals surface area contributed by atoms with Crippen LogP contribution in [0.25, 0.3) is 0 Å². The van der Waals surface area contributed by atoms with Crippen LogP contribution in [-0.2, 0) is 0 Å². The Kier molecular flexibility index (Phi) is 6.93. The van der Waals surface area contributed by atoms with E-state index >= 15 is 0 Å². The number of aliphatic imine (C=N–C) groups is 1. The number of benzene rings is 2. The van der Waals surface area contributed by atoms with Crippen LogP contribution in [0, 0.1) is 0 Å². The number of aliphatic hydroxyl groups excluding tert-OH is 1. The summed E-state index contributed by atoms with van der Waals surface area (Å²) < 4.78 is 5.71. The first-order chi connectivity index (χ1) is 13.6. The molecule has 150 valence electrons. The number of ether oxygens (including phenoxy) is 1. The molecule has 0 aromatic heterocycles. The minimum absolute atomic E-state index is 0.103. The maximum atomic E-state index is 10.6. The van der Waals surface area contributed by atoms with Crippen LogP contribution in [0.5, 0.6) is 5.75 Å². The van der Waals surface area contributed by atoms with Crippen molar-refractivity contribution in [2.75, 3.05) is 13.1 Å². The summed E-state index contributed by atoms with van der Waals surface area (Å²) in [5.74, 6) is 2.05. The van der Waals surface area contributed by atoms with Crippen LogP contribution in [0.15, 0.2) is 59.6 Å². The molecule has 0 aliphatic heterocycles. The molecular weight excluding hydrogens is 350 g/mol. The lowest BCUT2D eigenvalue weighted by Crippen LogP contribution is -2.39. The quantitative estimate of drug-likeness (QED) is 0.483. The molecule has 5 nitrogen and oxygen atoms in total. The molecule has 0 saturated heterocycles. The van der Waals surface area contributed by atoms with Crippen molar-refractivity contribution in [3.8, 4) is 5.75 Å². The van der Waals surface area contributed by atoms with Crippen molar-refractivity contribution in [3.05, 3.63) is 65.7 Å². The Labute approximate surface area is 167 Å². The van der Waals surface area contributed by atoms with Crippen LogP contribution in [0.4, 0.5) is 0 Å². The maximum Gasteiger partial charge on any atom is 0.191 e. The van der Waals surface area contributed by atoms with Crippen molar-refractivity contribution in [1.29, 1.82) is 0 Å². The molecule has 0 amide bonds. The number of hydrogen-bond donors (Lipinski definition) is 3. The van der Waals surface area contributed by atoms with Crippen molar-refractivity contribution in [1.82, 2.24) is 10.6 Å². The van der Waals surface area contributed by atoms with Crippen LogP contribution in [0.1, 0.15) is 50.3 Å². The van der Waals surface area contributed by atoms with Gasteiger partial charge in [-0.2, -0.15) is 0 Å². The summed E-state index contributed by atoms with van der Waals surface area (Å²) in [6.07, 6.45) is 0.535. The van der Waals surface area contributed by atoms with Gasteiger partial charge in [0.25, 0.3) is 0 Å². The monoisotopic (exact) mass is 381 g/mol. The molecule has 0 spiro atoms. The van der Waals surface area contributed by atoms with Gasteiger partial charge in [-0.3, -0.25) is 4.99 Å². The van der Waals surface area contributed by atoms with Gasteiger partial charge in [-0.05, 0) is 50.5 Å². The topological polar surface area (TPSA) is 65.9 Å². The normalized spacial score (nSPS) is 20.0. The zero-order valence-electron chi connectivity index (χ0n) is 16.9. The second-order valence-corrected chi connectivity index (χ2v) is 7.48. The van der Waals surface area contributed by atoms with Crippen LogP contribution in [0.3, 0.4) is 0 Å². The third kappa shape index (κ3) is 5.73. The molecule has 1 aliphatic rings. The average Bonchev–Trinajstić information content (AvgIpc) is 3.45. The number of guanidine groups is 1. The first kappa shape index (κ1) is 20.2. The number of nitrogens with one attached hydrogen (secondary N) is 2. The second-order valence-electron chi connectivity index (χ2n) is 7.48. The van der Waals surface area contributed by atoms with E-state index in [-0.39, 0.29) is 6.10 Å². The van der Waals surface area contributed by atoms with Gasteiger partial charge < -0.3 is 20.5 Å². The van der Waals surface area contributed by atoms with E-state index in [2.05, 4.69) is 39.9 Å². The van der Waals surface area contributed by atoms with Crippen molar-refractivity contribution in [2.24, 2.45) is 4.99 Å². The summed E-state index contributed by atoms with van der Waals surface area (Å²) in [5.41, 5.74) is 2.17. The first-order valence-corrected chi connectivity index (χ1v) is 10.1. The standard InChI is InChI=1S/C23H31N3O2/c1-4-24-23(26-21-14-20(21)17-9-6-5-7-10-17)25-15-22(27)18-11-8-12-19(13-18)28-16(2)3/h5-13,16,20-22,27H,4,14-15H2,1-3H3,(H2,24,25,26). The second kappa shape index (κ2) is 9.60. The highest BCUT2D eigenvalue weighted by Crippen LogP contribution is 2.40. The van der Waals surface area contributed by atoms with E-state index in [0.717, 1.165) is 30.2 Å². The Bertz CT molecular complexity index is 776. The predicted octanol–water partition coefficient (Wildman–Crippen LogP) is 3.62. The maximum absolute atomic E-state index is 10.6. The van der Waals surface area contributed by atoms with Crippen molar-refractivity contribution in [2.45, 2.75) is 51.4 Å². The molecule has 0 bridgehead atoms. The molecule has 5 heteroatoms. The highest BCUT2D eigenvalue weighted by molar-refractivity contribution is 5.80. The van der Waals surface area contributed by atoms with Crippen LogP contribution >= 0.6 is 0 Å². The van der Waals surface area contributed by atoms with E-state index in [1.165, 1.54) is 5.56 Å². The Morgan fingerprint density at radius 1 is 1.18 bits per heavy atom. The van der Waals surface area contributed by atoms with Crippen LogP contribution < -0.4 is 15.4 Å². The summed E-state index contributed by atoms with van der Waals surface area (Å²) >= 11 is 0. The Hall–Kier alpha value is -2.53. The van der Waals surface area contributed by atoms with Crippen molar-refractivity contribution >= 4 is 5.96 Å². The third-order valence-corrected chi connectivity index (χ3v) is 4.72. The minimum atomic E-state index is -0.671. The van der Waals surface area contributed by atoms with Gasteiger partial charge in [0.1, 0.15) is 5.75 Å². The highest BCUT2D eigenvalue weighted by Gasteiger charge is 2.38. The molecule has 3 atom stereocenters. The molecule has 1 saturated carbocycles. The van der Waals surface area contributed by atoms with E-state index in [9.17, 15) is 5.11 Å². The van der Waals surface area contributed by atoms with Gasteiger partial charge in [0.2, 0.25) is 0 Å². The number of rotatable bonds is 8. The lowest BCUT2D eigenvalue weighted by molar-refractivity contribution is 0.185. The summed E-state index contributed by atoms with van der Waals surface area (Å²) in [6.45, 7) is 7.10. The summed E-state index contributed by atoms with van der Waals surface area (Å²) in [5, 5.41) is 17.3. The molecule has 3 rings (SSSR count). The molecule has 3 unspecified atom stereocenters. The molecule has 3 N–H and O–H groups in total. The Morgan fingerprint density at radius 2 is 1.96 bits per heavy atom. The first-order valence-electron chi connectivity index (χ1n) is 10.1. The number of hydrogen-bond acceptors (Lipinski definition) is 3. The van der Waals surface area contributed by atoms with E-state index in [0.29, 0.717) is 18.5 Å². The van der Waals surface area contributed by atoms with E-state index in [1.54, 1.807) is 0 Å². The van der Waals surface area contributed by atoms with Gasteiger partial charge in [-0.15, -0.1) is 0 Å². The summed E-state index contributed by atoms with van der Waals surface area (Å²) in [7, 11) is 0. The summed E-state index contributed by atoms with van der Waals surface area (Å²) in [4.78, 5) is 4.59. The predicted molar refractivity (Wildman–Crippen MR) is 114 cm³/mol. The van der Waals surface area contributed by atoms with Gasteiger partial charge in [-0.25, -0.2) is 0 Å². The molecule has 28 heavy (non-hydrogen) atoms. The Morgan fingerprint density at radius 3 is 2.68 bits per heavy atom. The highest BCUT2D eigenvalue weighted by atomic mass is 16.5. The smallest absolute Gasteiger partial charge is 0.191 e. The van der Waals surface area contributed by atoms with Gasteiger partial charge in [-0.1, -0.05) is 42.5 Å². The molecule has 2 aromatic carbocycles. The average molecular weight is 382 g/mol. The molecule has 1 aliphatic carbocycles. The van der Waals surface area contributed by atoms with Gasteiger partial charge in [0.05, 0.1) is 18.8 Å². The zero-order chi connectivity index (χ0) is 19.9. The van der Waals surface area contributed by atoms with E-state index in [1.807, 2.05) is 51.1 Å². The minimum Gasteiger partial charge on any atom is -0.491 e. The lowest BCUT2D eigenvalue weighted by atomic mass is 10.1. The molecular formula is C23H31N3O2. The van der Waals surface area contributed by atoms with Gasteiger partial charge >= 0.3 is 0 Å². The van der Waals surface area contributed by atoms with E-state index in [4.69, 9.17) is 4.74 Å². The van der Waals surface area contributed by atoms with E-state index < -0.39 is 6.10 Å². The molecule has 0 radical (unpaired) electrons. The summed E-state index contributed by atoms with van der Waals surface area (Å²) in [6, 6.07) is 18.5. The molecule has 1 fully saturated rings. The third-order valence-electron chi connectivity index (χ3n) is 4.72. The number of aliphatic hydroxyl groups is 1. The fourth-order valence-electron chi connectivity index (χ4n) is 3.27.